The number of pyridine rings is 1. The Morgan fingerprint density at radius 2 is 2.12 bits per heavy atom. The fourth-order valence-electron chi connectivity index (χ4n) is 1.25. The number of hydrogen-bond acceptors (Lipinski definition) is 2. The first-order chi connectivity index (χ1) is 7.48. The van der Waals surface area contributed by atoms with Gasteiger partial charge in [-0.05, 0) is 18.6 Å². The Labute approximate surface area is 89.5 Å². The average Bonchev–Trinajstić information content (AvgIpc) is 2.66. The molecule has 0 bridgehead atoms. The Morgan fingerprint density at radius 1 is 1.38 bits per heavy atom. The molecular weight excluding hydrogens is 219 g/mol. The van der Waals surface area contributed by atoms with E-state index in [-0.39, 0.29) is 0 Å². The van der Waals surface area contributed by atoms with Crippen molar-refractivity contribution < 1.29 is 13.2 Å². The van der Waals surface area contributed by atoms with Crippen molar-refractivity contribution in [2.24, 2.45) is 0 Å². The molecule has 0 aliphatic carbocycles. The second-order valence-electron chi connectivity index (χ2n) is 3.25. The van der Waals surface area contributed by atoms with E-state index in [1.54, 1.807) is 13.0 Å². The summed E-state index contributed by atoms with van der Waals surface area (Å²) in [7, 11) is 0. The smallest absolute Gasteiger partial charge is 0.236 e. The van der Waals surface area contributed by atoms with Crippen molar-refractivity contribution in [1.29, 1.82) is 0 Å². The summed E-state index contributed by atoms with van der Waals surface area (Å²) in [6.07, 6.45) is -1.31. The van der Waals surface area contributed by atoms with Gasteiger partial charge >= 0.3 is 6.18 Å². The highest BCUT2D eigenvalue weighted by atomic mass is 19.4. The Balaban J connectivity index is 2.44. The van der Waals surface area contributed by atoms with E-state index in [2.05, 4.69) is 16.1 Å². The molecule has 0 amide bonds. The summed E-state index contributed by atoms with van der Waals surface area (Å²) in [5, 5.41) is 3.63. The fourth-order valence-corrected chi connectivity index (χ4v) is 1.25. The van der Waals surface area contributed by atoms with Crippen molar-refractivity contribution in [3.05, 3.63) is 41.9 Å². The molecule has 0 aliphatic rings. The first kappa shape index (κ1) is 10.7. The molecular formula is C10H7F3N3. The maximum atomic E-state index is 12.3. The lowest BCUT2D eigenvalue weighted by molar-refractivity contribution is -0.137. The molecule has 2 aromatic rings. The minimum Gasteiger partial charge on any atom is -0.236 e. The molecule has 1 radical (unpaired) electrons. The maximum Gasteiger partial charge on any atom is 0.419 e. The van der Waals surface area contributed by atoms with Crippen molar-refractivity contribution >= 4 is 0 Å². The van der Waals surface area contributed by atoms with Gasteiger partial charge in [0, 0.05) is 18.5 Å². The van der Waals surface area contributed by atoms with Crippen molar-refractivity contribution in [3.8, 4) is 5.82 Å². The standard InChI is InChI=1S/C10H7F3N3/c1-7-3-2-4-14-9(7)16-6-8(5-15-16)10(11,12)13/h3-6H,1H3. The van der Waals surface area contributed by atoms with Gasteiger partial charge in [-0.15, -0.1) is 0 Å². The summed E-state index contributed by atoms with van der Waals surface area (Å²) in [4.78, 5) is 3.92. The zero-order valence-electron chi connectivity index (χ0n) is 8.28. The largest absolute Gasteiger partial charge is 0.419 e. The lowest BCUT2D eigenvalue weighted by Gasteiger charge is -2.03. The molecule has 3 nitrogen and oxygen atoms in total. The minimum atomic E-state index is -4.38. The number of alkyl halides is 3. The van der Waals surface area contributed by atoms with Crippen LogP contribution in [0.1, 0.15) is 11.1 Å². The highest BCUT2D eigenvalue weighted by Gasteiger charge is 2.32. The second kappa shape index (κ2) is 3.62. The highest BCUT2D eigenvalue weighted by molar-refractivity contribution is 5.31. The van der Waals surface area contributed by atoms with Gasteiger partial charge in [0.2, 0.25) is 0 Å². The molecule has 2 heterocycles. The van der Waals surface area contributed by atoms with Crippen molar-refractivity contribution in [2.75, 3.05) is 0 Å². The zero-order chi connectivity index (χ0) is 11.8. The number of halogens is 3. The van der Waals surface area contributed by atoms with Crippen LogP contribution in [0.3, 0.4) is 0 Å². The molecule has 0 atom stereocenters. The van der Waals surface area contributed by atoms with Crippen LogP contribution in [0.25, 0.3) is 5.82 Å². The number of aryl methyl sites for hydroxylation is 1. The summed E-state index contributed by atoms with van der Waals surface area (Å²) in [6, 6.07) is 4.37. The lowest BCUT2D eigenvalue weighted by atomic mass is 10.3. The predicted octanol–water partition coefficient (Wildman–Crippen LogP) is 2.39. The van der Waals surface area contributed by atoms with E-state index in [9.17, 15) is 13.2 Å². The van der Waals surface area contributed by atoms with Crippen LogP contribution >= 0.6 is 0 Å². The SMILES string of the molecule is Cc1c[c]cnc1-n1cc(C(F)(F)F)cn1. The van der Waals surface area contributed by atoms with Crippen molar-refractivity contribution in [3.63, 3.8) is 0 Å². The van der Waals surface area contributed by atoms with Crippen LogP contribution in [0.4, 0.5) is 13.2 Å². The molecule has 0 aromatic carbocycles. The van der Waals surface area contributed by atoms with E-state index >= 15 is 0 Å². The third-order valence-corrected chi connectivity index (χ3v) is 2.04. The summed E-state index contributed by atoms with van der Waals surface area (Å²) < 4.78 is 38.1. The Kier molecular flexibility index (Phi) is 2.41. The van der Waals surface area contributed by atoms with E-state index in [1.807, 2.05) is 0 Å². The van der Waals surface area contributed by atoms with E-state index in [0.29, 0.717) is 11.4 Å². The van der Waals surface area contributed by atoms with Gasteiger partial charge < -0.3 is 0 Å². The molecule has 16 heavy (non-hydrogen) atoms. The molecule has 6 heteroatoms. The van der Waals surface area contributed by atoms with E-state index in [1.165, 1.54) is 6.20 Å². The minimum absolute atomic E-state index is 0.370. The normalized spacial score (nSPS) is 11.8. The van der Waals surface area contributed by atoms with Gasteiger partial charge in [-0.1, -0.05) is 0 Å². The van der Waals surface area contributed by atoms with Gasteiger partial charge in [0.05, 0.1) is 11.8 Å². The topological polar surface area (TPSA) is 30.7 Å². The number of aromatic nitrogens is 3. The molecule has 2 aromatic heterocycles. The molecule has 0 spiro atoms. The van der Waals surface area contributed by atoms with E-state index < -0.39 is 11.7 Å². The van der Waals surface area contributed by atoms with Crippen LogP contribution in [0.5, 0.6) is 0 Å². The highest BCUT2D eigenvalue weighted by Crippen LogP contribution is 2.29. The van der Waals surface area contributed by atoms with Gasteiger partial charge in [0.15, 0.2) is 5.82 Å². The van der Waals surface area contributed by atoms with E-state index in [0.717, 1.165) is 17.1 Å². The van der Waals surface area contributed by atoms with Crippen LogP contribution < -0.4 is 0 Å². The van der Waals surface area contributed by atoms with Gasteiger partial charge in [-0.25, -0.2) is 9.67 Å². The van der Waals surface area contributed by atoms with Gasteiger partial charge in [0.1, 0.15) is 0 Å². The zero-order valence-corrected chi connectivity index (χ0v) is 8.28. The Bertz CT molecular complexity index is 502. The number of rotatable bonds is 1. The maximum absolute atomic E-state index is 12.3. The van der Waals surface area contributed by atoms with Crippen molar-refractivity contribution in [1.82, 2.24) is 14.8 Å². The van der Waals surface area contributed by atoms with Gasteiger partial charge in [0.25, 0.3) is 0 Å². The molecule has 0 saturated carbocycles. The van der Waals surface area contributed by atoms with Crippen LogP contribution in [0, 0.1) is 13.0 Å². The van der Waals surface area contributed by atoms with Crippen LogP contribution in [-0.2, 0) is 6.18 Å². The number of hydrogen-bond donors (Lipinski definition) is 0. The molecule has 2 rings (SSSR count). The quantitative estimate of drug-likeness (QED) is 0.747. The van der Waals surface area contributed by atoms with Crippen molar-refractivity contribution in [2.45, 2.75) is 13.1 Å². The molecule has 0 saturated heterocycles. The molecule has 83 valence electrons. The Morgan fingerprint density at radius 3 is 2.69 bits per heavy atom. The summed E-state index contributed by atoms with van der Waals surface area (Å²) in [5.41, 5.74) is -0.0825. The summed E-state index contributed by atoms with van der Waals surface area (Å²) in [5.74, 6) is 0.370. The third kappa shape index (κ3) is 1.91. The third-order valence-electron chi connectivity index (χ3n) is 2.04. The summed E-state index contributed by atoms with van der Waals surface area (Å²) in [6.45, 7) is 1.73. The molecule has 0 N–H and O–H groups in total. The molecule has 0 unspecified atom stereocenters. The predicted molar refractivity (Wildman–Crippen MR) is 49.9 cm³/mol. The number of nitrogens with zero attached hydrogens (tertiary/aromatic N) is 3. The van der Waals surface area contributed by atoms with Gasteiger partial charge in [-0.3, -0.25) is 0 Å². The van der Waals surface area contributed by atoms with Crippen LogP contribution in [-0.4, -0.2) is 14.8 Å². The first-order valence-electron chi connectivity index (χ1n) is 4.43. The Hall–Kier alpha value is -1.85. The van der Waals surface area contributed by atoms with Crippen LogP contribution in [0.2, 0.25) is 0 Å². The fraction of sp³-hybridized carbons (Fsp3) is 0.200. The second-order valence-corrected chi connectivity index (χ2v) is 3.25. The lowest BCUT2D eigenvalue weighted by Crippen LogP contribution is -2.04. The first-order valence-corrected chi connectivity index (χ1v) is 4.43. The van der Waals surface area contributed by atoms with Crippen LogP contribution in [0.15, 0.2) is 24.7 Å². The van der Waals surface area contributed by atoms with E-state index in [4.69, 9.17) is 0 Å². The molecule has 0 aliphatic heterocycles. The average molecular weight is 226 g/mol. The monoisotopic (exact) mass is 226 g/mol. The summed E-state index contributed by atoms with van der Waals surface area (Å²) >= 11 is 0. The van der Waals surface area contributed by atoms with Gasteiger partial charge in [-0.2, -0.15) is 18.3 Å². The molecule has 0 fully saturated rings.